The maximum Gasteiger partial charge on any atom is 0.0257 e. The zero-order valence-corrected chi connectivity index (χ0v) is 23.3. The summed E-state index contributed by atoms with van der Waals surface area (Å²) in [4.78, 5) is 0. The molecule has 0 spiro atoms. The Morgan fingerprint density at radius 2 is 0.765 bits per heavy atom. The molecule has 2 aromatic rings. The average molecular weight is 580 g/mol. The number of halogens is 2. The number of hydrogen-bond acceptors (Lipinski definition) is 0. The SMILES string of the molecule is Brc1cc(C23CC4CC(CC(C4)C2)C3)ccc1-c1ccc(C23CC4CC(CC(C4)C2)C3)cc1Br. The Morgan fingerprint density at radius 3 is 1.03 bits per heavy atom. The number of rotatable bonds is 3. The van der Waals surface area contributed by atoms with Crippen LogP contribution in [0.5, 0.6) is 0 Å². The highest BCUT2D eigenvalue weighted by Crippen LogP contribution is 2.62. The van der Waals surface area contributed by atoms with Crippen molar-refractivity contribution < 1.29 is 0 Å². The summed E-state index contributed by atoms with van der Waals surface area (Å²) in [5.74, 6) is 5.98. The van der Waals surface area contributed by atoms with Crippen LogP contribution in [-0.4, -0.2) is 0 Å². The summed E-state index contributed by atoms with van der Waals surface area (Å²) >= 11 is 8.05. The van der Waals surface area contributed by atoms with Crippen molar-refractivity contribution in [3.05, 3.63) is 56.5 Å². The summed E-state index contributed by atoms with van der Waals surface area (Å²) in [6.07, 6.45) is 17.7. The summed E-state index contributed by atoms with van der Waals surface area (Å²) in [5.41, 5.74) is 6.85. The van der Waals surface area contributed by atoms with Crippen molar-refractivity contribution >= 4 is 31.9 Å². The second kappa shape index (κ2) is 7.47. The van der Waals surface area contributed by atoms with Crippen LogP contribution in [0.1, 0.15) is 88.2 Å². The van der Waals surface area contributed by atoms with Crippen molar-refractivity contribution in [1.82, 2.24) is 0 Å². The Bertz CT molecular complexity index is 998. The fourth-order valence-electron chi connectivity index (χ4n) is 11.1. The molecule has 8 fully saturated rings. The largest absolute Gasteiger partial charge is 0.0578 e. The molecule has 8 aliphatic rings. The van der Waals surface area contributed by atoms with Gasteiger partial charge in [0.15, 0.2) is 0 Å². The third-order valence-corrected chi connectivity index (χ3v) is 12.8. The topological polar surface area (TPSA) is 0 Å². The second-order valence-corrected chi connectivity index (χ2v) is 15.5. The second-order valence-electron chi connectivity index (χ2n) is 13.8. The van der Waals surface area contributed by atoms with Crippen molar-refractivity contribution in [3.8, 4) is 11.1 Å². The van der Waals surface area contributed by atoms with Gasteiger partial charge in [-0.05, 0) is 158 Å². The Labute approximate surface area is 221 Å². The number of hydrogen-bond donors (Lipinski definition) is 0. The lowest BCUT2D eigenvalue weighted by Gasteiger charge is -2.57. The van der Waals surface area contributed by atoms with Crippen LogP contribution in [0.3, 0.4) is 0 Å². The van der Waals surface area contributed by atoms with Crippen molar-refractivity contribution in [2.75, 3.05) is 0 Å². The maximum atomic E-state index is 4.03. The molecule has 0 aliphatic heterocycles. The smallest absolute Gasteiger partial charge is 0.0257 e. The van der Waals surface area contributed by atoms with E-state index in [1.807, 2.05) is 0 Å². The van der Waals surface area contributed by atoms with Gasteiger partial charge in [0.05, 0.1) is 0 Å². The lowest BCUT2D eigenvalue weighted by molar-refractivity contribution is -0.00534. The van der Waals surface area contributed by atoms with Crippen molar-refractivity contribution in [2.45, 2.75) is 87.9 Å². The summed E-state index contributed by atoms with van der Waals surface area (Å²) in [5, 5.41) is 0. The molecule has 2 heteroatoms. The number of benzene rings is 2. The molecule has 2 aromatic carbocycles. The molecule has 0 nitrogen and oxygen atoms in total. The predicted molar refractivity (Wildman–Crippen MR) is 147 cm³/mol. The average Bonchev–Trinajstić information content (AvgIpc) is 2.77. The zero-order chi connectivity index (χ0) is 22.7. The fourth-order valence-corrected chi connectivity index (χ4v) is 12.2. The molecule has 8 aliphatic carbocycles. The molecule has 0 N–H and O–H groups in total. The van der Waals surface area contributed by atoms with Crippen LogP contribution < -0.4 is 0 Å². The van der Waals surface area contributed by atoms with E-state index in [4.69, 9.17) is 0 Å². The van der Waals surface area contributed by atoms with Crippen LogP contribution in [0.4, 0.5) is 0 Å². The Balaban J connectivity index is 1.12. The van der Waals surface area contributed by atoms with Gasteiger partial charge >= 0.3 is 0 Å². The molecule has 0 heterocycles. The highest BCUT2D eigenvalue weighted by Gasteiger charge is 2.52. The third kappa shape index (κ3) is 3.19. The summed E-state index contributed by atoms with van der Waals surface area (Å²) in [6, 6.07) is 14.8. The van der Waals surface area contributed by atoms with Gasteiger partial charge in [0, 0.05) is 8.95 Å². The normalized spacial score (nSPS) is 43.6. The molecule has 0 aromatic heterocycles. The summed E-state index contributed by atoms with van der Waals surface area (Å²) in [6.45, 7) is 0. The maximum absolute atomic E-state index is 4.03. The molecule has 0 unspecified atom stereocenters. The molecule has 178 valence electrons. The summed E-state index contributed by atoms with van der Waals surface area (Å²) in [7, 11) is 0. The van der Waals surface area contributed by atoms with E-state index < -0.39 is 0 Å². The first kappa shape index (κ1) is 21.5. The van der Waals surface area contributed by atoms with Crippen molar-refractivity contribution in [2.24, 2.45) is 35.5 Å². The highest BCUT2D eigenvalue weighted by molar-refractivity contribution is 9.11. The van der Waals surface area contributed by atoms with E-state index in [1.165, 1.54) is 97.1 Å². The molecule has 8 saturated carbocycles. The van der Waals surface area contributed by atoms with Gasteiger partial charge < -0.3 is 0 Å². The third-order valence-electron chi connectivity index (χ3n) is 11.5. The Hall–Kier alpha value is -0.600. The van der Waals surface area contributed by atoms with Gasteiger partial charge in [-0.2, -0.15) is 0 Å². The molecule has 34 heavy (non-hydrogen) atoms. The van der Waals surface area contributed by atoms with Crippen LogP contribution in [-0.2, 0) is 10.8 Å². The first-order valence-corrected chi connectivity index (χ1v) is 15.7. The first-order chi connectivity index (χ1) is 16.5. The van der Waals surface area contributed by atoms with Gasteiger partial charge in [0.1, 0.15) is 0 Å². The molecule has 0 amide bonds. The van der Waals surface area contributed by atoms with Gasteiger partial charge in [-0.25, -0.2) is 0 Å². The van der Waals surface area contributed by atoms with Crippen LogP contribution in [0.15, 0.2) is 45.3 Å². The van der Waals surface area contributed by atoms with Crippen LogP contribution in [0, 0.1) is 35.5 Å². The van der Waals surface area contributed by atoms with E-state index in [0.717, 1.165) is 35.5 Å². The van der Waals surface area contributed by atoms with E-state index in [9.17, 15) is 0 Å². The van der Waals surface area contributed by atoms with E-state index in [1.54, 1.807) is 11.1 Å². The van der Waals surface area contributed by atoms with Gasteiger partial charge in [0.2, 0.25) is 0 Å². The minimum atomic E-state index is 0.468. The van der Waals surface area contributed by atoms with Gasteiger partial charge in [-0.15, -0.1) is 0 Å². The quantitative estimate of drug-likeness (QED) is 0.339. The summed E-state index contributed by atoms with van der Waals surface area (Å²) < 4.78 is 2.56. The van der Waals surface area contributed by atoms with E-state index in [-0.39, 0.29) is 0 Å². The zero-order valence-electron chi connectivity index (χ0n) is 20.2. The van der Waals surface area contributed by atoms with Crippen LogP contribution in [0.25, 0.3) is 11.1 Å². The minimum Gasteiger partial charge on any atom is -0.0578 e. The molecule has 0 saturated heterocycles. The standard InChI is InChI=1S/C32H36Br2/c33-29-11-25(31-13-19-5-20(14-31)7-21(6-19)15-31)1-3-27(29)28-4-2-26(12-30(28)34)32-16-22-8-23(17-32)10-24(9-22)18-32/h1-4,11-12,19-24H,5-10,13-18H2. The van der Waals surface area contributed by atoms with Crippen LogP contribution in [0.2, 0.25) is 0 Å². The van der Waals surface area contributed by atoms with Crippen molar-refractivity contribution in [1.29, 1.82) is 0 Å². The van der Waals surface area contributed by atoms with Crippen LogP contribution >= 0.6 is 31.9 Å². The van der Waals surface area contributed by atoms with Gasteiger partial charge in [-0.3, -0.25) is 0 Å². The molecule has 0 atom stereocenters. The van der Waals surface area contributed by atoms with Gasteiger partial charge in [-0.1, -0.05) is 56.1 Å². The van der Waals surface area contributed by atoms with Gasteiger partial charge in [0.25, 0.3) is 0 Å². The Morgan fingerprint density at radius 1 is 0.471 bits per heavy atom. The fraction of sp³-hybridized carbons (Fsp3) is 0.625. The van der Waals surface area contributed by atoms with Crippen molar-refractivity contribution in [3.63, 3.8) is 0 Å². The molecular weight excluding hydrogens is 544 g/mol. The molecular formula is C32H36Br2. The monoisotopic (exact) mass is 578 g/mol. The molecule has 8 bridgehead atoms. The van der Waals surface area contributed by atoms with E-state index in [0.29, 0.717) is 10.8 Å². The lowest BCUT2D eigenvalue weighted by atomic mass is 9.48. The molecule has 10 rings (SSSR count). The predicted octanol–water partition coefficient (Wildman–Crippen LogP) is 9.81. The first-order valence-electron chi connectivity index (χ1n) is 14.1. The highest BCUT2D eigenvalue weighted by atomic mass is 79.9. The lowest BCUT2D eigenvalue weighted by Crippen LogP contribution is -2.48. The molecule has 0 radical (unpaired) electrons. The van der Waals surface area contributed by atoms with E-state index in [2.05, 4.69) is 68.3 Å². The minimum absolute atomic E-state index is 0.468. The van der Waals surface area contributed by atoms with E-state index >= 15 is 0 Å². The Kier molecular flexibility index (Phi) is 4.72.